The van der Waals surface area contributed by atoms with Gasteiger partial charge < -0.3 is 14.8 Å². The Bertz CT molecular complexity index is 759. The molecular formula is C16H15N3O2S. The van der Waals surface area contributed by atoms with E-state index in [0.717, 1.165) is 27.8 Å². The minimum Gasteiger partial charge on any atom is -0.497 e. The molecular weight excluding hydrogens is 298 g/mol. The fraction of sp³-hybridized carbons (Fsp3) is 0.125. The third-order valence-electron chi connectivity index (χ3n) is 3.13. The van der Waals surface area contributed by atoms with Crippen LogP contribution >= 0.6 is 11.3 Å². The molecule has 0 aliphatic rings. The van der Waals surface area contributed by atoms with E-state index < -0.39 is 0 Å². The first-order chi connectivity index (χ1) is 10.8. The van der Waals surface area contributed by atoms with Crippen molar-refractivity contribution < 1.29 is 9.47 Å². The van der Waals surface area contributed by atoms with E-state index in [0.29, 0.717) is 5.75 Å². The maximum absolute atomic E-state index is 5.38. The van der Waals surface area contributed by atoms with Crippen LogP contribution in [0, 0.1) is 0 Å². The van der Waals surface area contributed by atoms with E-state index >= 15 is 0 Å². The fourth-order valence-electron chi connectivity index (χ4n) is 2.00. The van der Waals surface area contributed by atoms with Crippen LogP contribution in [-0.4, -0.2) is 24.2 Å². The third kappa shape index (κ3) is 3.01. The molecule has 1 N–H and O–H groups in total. The van der Waals surface area contributed by atoms with E-state index in [2.05, 4.69) is 15.3 Å². The Labute approximate surface area is 132 Å². The van der Waals surface area contributed by atoms with Crippen molar-refractivity contribution in [1.82, 2.24) is 9.97 Å². The topological polar surface area (TPSA) is 56.3 Å². The highest BCUT2D eigenvalue weighted by Crippen LogP contribution is 2.33. The van der Waals surface area contributed by atoms with Gasteiger partial charge in [-0.3, -0.25) is 4.98 Å². The van der Waals surface area contributed by atoms with Crippen molar-refractivity contribution in [2.45, 2.75) is 0 Å². The van der Waals surface area contributed by atoms with Gasteiger partial charge in [0.2, 0.25) is 0 Å². The first-order valence-electron chi connectivity index (χ1n) is 6.65. The quantitative estimate of drug-likeness (QED) is 0.772. The highest BCUT2D eigenvalue weighted by atomic mass is 32.1. The molecule has 0 spiro atoms. The van der Waals surface area contributed by atoms with Crippen molar-refractivity contribution in [3.63, 3.8) is 0 Å². The fourth-order valence-corrected chi connectivity index (χ4v) is 2.74. The first-order valence-corrected chi connectivity index (χ1v) is 7.53. The minimum atomic E-state index is 0.708. The Morgan fingerprint density at radius 2 is 1.86 bits per heavy atom. The number of rotatable bonds is 5. The van der Waals surface area contributed by atoms with Gasteiger partial charge in [0, 0.05) is 29.4 Å². The van der Waals surface area contributed by atoms with Crippen molar-refractivity contribution in [2.24, 2.45) is 0 Å². The SMILES string of the molecule is COc1ccc(Nc2nc(-c3ccncc3)cs2)c(OC)c1. The van der Waals surface area contributed by atoms with Crippen LogP contribution in [0.1, 0.15) is 0 Å². The third-order valence-corrected chi connectivity index (χ3v) is 3.89. The summed E-state index contributed by atoms with van der Waals surface area (Å²) in [5, 5.41) is 6.08. The number of hydrogen-bond donors (Lipinski definition) is 1. The molecule has 2 heterocycles. The number of nitrogens with one attached hydrogen (secondary N) is 1. The molecule has 3 aromatic rings. The Balaban J connectivity index is 1.84. The van der Waals surface area contributed by atoms with Crippen LogP contribution in [0.3, 0.4) is 0 Å². The molecule has 0 bridgehead atoms. The molecule has 3 rings (SSSR count). The van der Waals surface area contributed by atoms with Gasteiger partial charge in [-0.25, -0.2) is 4.98 Å². The van der Waals surface area contributed by atoms with Crippen LogP contribution in [0.5, 0.6) is 11.5 Å². The van der Waals surface area contributed by atoms with Gasteiger partial charge in [-0.2, -0.15) is 0 Å². The maximum Gasteiger partial charge on any atom is 0.187 e. The summed E-state index contributed by atoms with van der Waals surface area (Å²) in [5.74, 6) is 1.46. The van der Waals surface area contributed by atoms with Gasteiger partial charge in [0.15, 0.2) is 5.13 Å². The van der Waals surface area contributed by atoms with Gasteiger partial charge >= 0.3 is 0 Å². The Morgan fingerprint density at radius 3 is 2.59 bits per heavy atom. The normalized spacial score (nSPS) is 10.3. The van der Waals surface area contributed by atoms with Gasteiger partial charge in [-0.15, -0.1) is 11.3 Å². The predicted octanol–water partition coefficient (Wildman–Crippen LogP) is 3.97. The standard InChI is InChI=1S/C16H15N3O2S/c1-20-12-3-4-13(15(9-12)21-2)18-16-19-14(10-22-16)11-5-7-17-8-6-11/h3-10H,1-2H3,(H,18,19). The lowest BCUT2D eigenvalue weighted by Gasteiger charge is -2.10. The molecule has 112 valence electrons. The average Bonchev–Trinajstić information content (AvgIpc) is 3.04. The van der Waals surface area contributed by atoms with Crippen LogP contribution in [-0.2, 0) is 0 Å². The number of benzene rings is 1. The number of hydrogen-bond acceptors (Lipinski definition) is 6. The average molecular weight is 313 g/mol. The van der Waals surface area contributed by atoms with Gasteiger partial charge in [-0.1, -0.05) is 0 Å². The lowest BCUT2D eigenvalue weighted by atomic mass is 10.2. The summed E-state index contributed by atoms with van der Waals surface area (Å²) in [6, 6.07) is 9.49. The zero-order valence-corrected chi connectivity index (χ0v) is 13.1. The number of methoxy groups -OCH3 is 2. The summed E-state index contributed by atoms with van der Waals surface area (Å²) in [4.78, 5) is 8.60. The lowest BCUT2D eigenvalue weighted by Crippen LogP contribution is -1.95. The molecule has 0 fully saturated rings. The van der Waals surface area contributed by atoms with E-state index in [1.54, 1.807) is 26.6 Å². The molecule has 5 nitrogen and oxygen atoms in total. The van der Waals surface area contributed by atoms with Crippen LogP contribution in [0.2, 0.25) is 0 Å². The van der Waals surface area contributed by atoms with E-state index in [4.69, 9.17) is 9.47 Å². The highest BCUT2D eigenvalue weighted by molar-refractivity contribution is 7.14. The summed E-state index contributed by atoms with van der Waals surface area (Å²) >= 11 is 1.54. The molecule has 0 unspecified atom stereocenters. The Kier molecular flexibility index (Phi) is 4.20. The smallest absolute Gasteiger partial charge is 0.187 e. The second kappa shape index (κ2) is 6.44. The number of aromatic nitrogens is 2. The molecule has 0 saturated heterocycles. The summed E-state index contributed by atoms with van der Waals surface area (Å²) in [6.07, 6.45) is 3.52. The monoisotopic (exact) mass is 313 g/mol. The number of nitrogens with zero attached hydrogens (tertiary/aromatic N) is 2. The zero-order valence-electron chi connectivity index (χ0n) is 12.2. The first kappa shape index (κ1) is 14.3. The molecule has 0 radical (unpaired) electrons. The second-order valence-corrected chi connectivity index (χ2v) is 5.32. The summed E-state index contributed by atoms with van der Waals surface area (Å²) in [7, 11) is 3.26. The number of ether oxygens (including phenoxy) is 2. The molecule has 1 aromatic carbocycles. The summed E-state index contributed by atoms with van der Waals surface area (Å²) in [6.45, 7) is 0. The summed E-state index contributed by atoms with van der Waals surface area (Å²) in [5.41, 5.74) is 2.81. The predicted molar refractivity (Wildman–Crippen MR) is 88.2 cm³/mol. The molecule has 6 heteroatoms. The molecule has 0 atom stereocenters. The largest absolute Gasteiger partial charge is 0.497 e. The van der Waals surface area contributed by atoms with Gasteiger partial charge in [0.25, 0.3) is 0 Å². The molecule has 2 aromatic heterocycles. The number of pyridine rings is 1. The molecule has 0 aliphatic heterocycles. The number of anilines is 2. The second-order valence-electron chi connectivity index (χ2n) is 4.47. The Morgan fingerprint density at radius 1 is 1.05 bits per heavy atom. The minimum absolute atomic E-state index is 0.708. The van der Waals surface area contributed by atoms with E-state index in [9.17, 15) is 0 Å². The van der Waals surface area contributed by atoms with Crippen LogP contribution in [0.25, 0.3) is 11.3 Å². The highest BCUT2D eigenvalue weighted by Gasteiger charge is 2.09. The van der Waals surface area contributed by atoms with Crippen molar-refractivity contribution in [1.29, 1.82) is 0 Å². The van der Waals surface area contributed by atoms with Crippen molar-refractivity contribution in [3.05, 3.63) is 48.1 Å². The molecule has 0 saturated carbocycles. The van der Waals surface area contributed by atoms with Gasteiger partial charge in [0.1, 0.15) is 11.5 Å². The maximum atomic E-state index is 5.38. The number of thiazole rings is 1. The molecule has 22 heavy (non-hydrogen) atoms. The van der Waals surface area contributed by atoms with E-state index in [1.807, 2.05) is 35.7 Å². The van der Waals surface area contributed by atoms with Crippen molar-refractivity contribution in [2.75, 3.05) is 19.5 Å². The lowest BCUT2D eigenvalue weighted by molar-refractivity contribution is 0.395. The zero-order chi connectivity index (χ0) is 15.4. The molecule has 0 aliphatic carbocycles. The Hall–Kier alpha value is -2.60. The van der Waals surface area contributed by atoms with Crippen molar-refractivity contribution in [3.8, 4) is 22.8 Å². The van der Waals surface area contributed by atoms with Gasteiger partial charge in [-0.05, 0) is 24.3 Å². The van der Waals surface area contributed by atoms with Gasteiger partial charge in [0.05, 0.1) is 25.6 Å². The van der Waals surface area contributed by atoms with E-state index in [1.165, 1.54) is 11.3 Å². The van der Waals surface area contributed by atoms with E-state index in [-0.39, 0.29) is 0 Å². The van der Waals surface area contributed by atoms with Crippen LogP contribution in [0.15, 0.2) is 48.1 Å². The summed E-state index contributed by atoms with van der Waals surface area (Å²) < 4.78 is 10.6. The van der Waals surface area contributed by atoms with Crippen LogP contribution in [0.4, 0.5) is 10.8 Å². The van der Waals surface area contributed by atoms with Crippen LogP contribution < -0.4 is 14.8 Å². The molecule has 0 amide bonds. The van der Waals surface area contributed by atoms with Crippen molar-refractivity contribution >= 4 is 22.2 Å².